The summed E-state index contributed by atoms with van der Waals surface area (Å²) in [5, 5.41) is 0. The Balaban J connectivity index is 2.30. The predicted molar refractivity (Wildman–Crippen MR) is 76.2 cm³/mol. The van der Waals surface area contributed by atoms with E-state index in [1.54, 1.807) is 0 Å². The first kappa shape index (κ1) is 12.3. The van der Waals surface area contributed by atoms with Crippen LogP contribution in [0.4, 0.5) is 0 Å². The predicted octanol–water partition coefficient (Wildman–Crippen LogP) is 3.90. The molecule has 1 aliphatic carbocycles. The Morgan fingerprint density at radius 3 is 2.59 bits per heavy atom. The van der Waals surface area contributed by atoms with Gasteiger partial charge in [-0.25, -0.2) is 0 Å². The maximum Gasteiger partial charge on any atom is 0.0353 e. The lowest BCUT2D eigenvalue weighted by molar-refractivity contribution is 0.396. The summed E-state index contributed by atoms with van der Waals surface area (Å²) in [6, 6.07) is 10.4. The van der Waals surface area contributed by atoms with Gasteiger partial charge in [0.05, 0.1) is 0 Å². The summed E-state index contributed by atoms with van der Waals surface area (Å²) >= 11 is 3.18. The molecule has 0 fully saturated rings. The van der Waals surface area contributed by atoms with Crippen LogP contribution < -0.4 is 5.73 Å². The highest BCUT2D eigenvalue weighted by Crippen LogP contribution is 2.40. The Bertz CT molecular complexity index is 493. The summed E-state index contributed by atoms with van der Waals surface area (Å²) in [5.74, 6) is 3.22. The lowest BCUT2D eigenvalue weighted by atomic mass is 9.74. The van der Waals surface area contributed by atoms with Gasteiger partial charge in [0.2, 0.25) is 0 Å². The van der Waals surface area contributed by atoms with Gasteiger partial charge in [0, 0.05) is 33.5 Å². The monoisotopic (exact) mass is 289 g/mol. The van der Waals surface area contributed by atoms with Gasteiger partial charge < -0.3 is 5.73 Å². The summed E-state index contributed by atoms with van der Waals surface area (Å²) in [6.07, 6.45) is 2.93. The van der Waals surface area contributed by atoms with Gasteiger partial charge in [0.15, 0.2) is 0 Å². The van der Waals surface area contributed by atoms with E-state index >= 15 is 0 Å². The zero-order chi connectivity index (χ0) is 12.3. The van der Waals surface area contributed by atoms with Crippen molar-refractivity contribution in [2.24, 2.45) is 11.1 Å². The molecule has 1 unspecified atom stereocenters. The topological polar surface area (TPSA) is 26.0 Å². The summed E-state index contributed by atoms with van der Waals surface area (Å²) in [7, 11) is 0. The minimum atomic E-state index is 0.0197. The smallest absolute Gasteiger partial charge is 0.0353 e. The molecule has 17 heavy (non-hydrogen) atoms. The van der Waals surface area contributed by atoms with Crippen LogP contribution in [0.3, 0.4) is 0 Å². The summed E-state index contributed by atoms with van der Waals surface area (Å²) in [5.41, 5.74) is 9.76. The number of rotatable bonds is 1. The van der Waals surface area contributed by atoms with Gasteiger partial charge in [0.25, 0.3) is 0 Å². The fourth-order valence-corrected chi connectivity index (χ4v) is 2.85. The molecule has 0 bridgehead atoms. The first-order valence-corrected chi connectivity index (χ1v) is 6.60. The van der Waals surface area contributed by atoms with Crippen LogP contribution in [0.15, 0.2) is 36.0 Å². The molecule has 1 atom stereocenters. The zero-order valence-electron chi connectivity index (χ0n) is 9.96. The van der Waals surface area contributed by atoms with E-state index in [9.17, 15) is 0 Å². The van der Waals surface area contributed by atoms with Gasteiger partial charge in [-0.3, -0.25) is 0 Å². The average molecular weight is 290 g/mol. The third-order valence-electron chi connectivity index (χ3n) is 3.37. The molecule has 0 spiro atoms. The lowest BCUT2D eigenvalue weighted by Gasteiger charge is -2.30. The van der Waals surface area contributed by atoms with Gasteiger partial charge in [-0.15, -0.1) is 0 Å². The first-order valence-electron chi connectivity index (χ1n) is 5.80. The molecule has 2 heteroatoms. The molecular formula is C15H16BrN. The van der Waals surface area contributed by atoms with Crippen molar-refractivity contribution in [2.45, 2.75) is 26.2 Å². The van der Waals surface area contributed by atoms with Crippen molar-refractivity contribution in [3.05, 3.63) is 41.6 Å². The van der Waals surface area contributed by atoms with Gasteiger partial charge in [0.1, 0.15) is 0 Å². The first-order chi connectivity index (χ1) is 8.14. The maximum atomic E-state index is 6.21. The molecule has 88 valence electrons. The molecule has 2 rings (SSSR count). The van der Waals surface area contributed by atoms with Crippen molar-refractivity contribution in [3.8, 4) is 10.8 Å². The molecule has 1 aromatic rings. The second kappa shape index (κ2) is 4.98. The fraction of sp³-hybridized carbons (Fsp3) is 0.333. The van der Waals surface area contributed by atoms with Crippen molar-refractivity contribution in [2.75, 3.05) is 0 Å². The van der Waals surface area contributed by atoms with Crippen LogP contribution in [0.2, 0.25) is 0 Å². The van der Waals surface area contributed by atoms with Crippen LogP contribution in [0.25, 0.3) is 5.57 Å². The van der Waals surface area contributed by atoms with Crippen molar-refractivity contribution >= 4 is 21.5 Å². The van der Waals surface area contributed by atoms with E-state index in [4.69, 9.17) is 5.73 Å². The van der Waals surface area contributed by atoms with Crippen LogP contribution in [-0.2, 0) is 0 Å². The minimum Gasteiger partial charge on any atom is -0.402 e. The van der Waals surface area contributed by atoms with E-state index in [1.165, 1.54) is 11.1 Å². The van der Waals surface area contributed by atoms with Gasteiger partial charge in [-0.2, -0.15) is 0 Å². The van der Waals surface area contributed by atoms with E-state index in [0.29, 0.717) is 0 Å². The molecule has 2 N–H and O–H groups in total. The number of nitrogens with two attached hydrogens (primary N) is 1. The highest BCUT2D eigenvalue weighted by molar-refractivity contribution is 9.12. The third kappa shape index (κ3) is 2.73. The van der Waals surface area contributed by atoms with Crippen LogP contribution in [-0.4, -0.2) is 0 Å². The standard InChI is InChI=1S/C15H16BrN/c1-15(9-10-16)8-7-13(14(17)11-15)12-5-3-2-4-6-12/h2-6H,7-8,11,17H2,1H3. The largest absolute Gasteiger partial charge is 0.402 e. The summed E-state index contributed by atoms with van der Waals surface area (Å²) in [4.78, 5) is 2.84. The van der Waals surface area contributed by atoms with E-state index in [0.717, 1.165) is 25.0 Å². The van der Waals surface area contributed by atoms with E-state index in [1.807, 2.05) is 6.07 Å². The van der Waals surface area contributed by atoms with Crippen molar-refractivity contribution in [3.63, 3.8) is 0 Å². The molecule has 0 saturated heterocycles. The highest BCUT2D eigenvalue weighted by Gasteiger charge is 2.29. The summed E-state index contributed by atoms with van der Waals surface area (Å²) < 4.78 is 0. The van der Waals surface area contributed by atoms with Gasteiger partial charge in [-0.05, 0) is 35.7 Å². The molecular weight excluding hydrogens is 274 g/mol. The SMILES string of the molecule is CC1(C#CBr)CCC(c2ccccc2)=C(N)C1. The van der Waals surface area contributed by atoms with Crippen LogP contribution >= 0.6 is 15.9 Å². The molecule has 0 heterocycles. The Kier molecular flexibility index (Phi) is 3.59. The Morgan fingerprint density at radius 2 is 2.00 bits per heavy atom. The molecule has 0 amide bonds. The van der Waals surface area contributed by atoms with Crippen molar-refractivity contribution < 1.29 is 0 Å². The van der Waals surface area contributed by atoms with E-state index in [-0.39, 0.29) is 5.41 Å². The fourth-order valence-electron chi connectivity index (χ4n) is 2.37. The van der Waals surface area contributed by atoms with Crippen molar-refractivity contribution in [1.29, 1.82) is 0 Å². The summed E-state index contributed by atoms with van der Waals surface area (Å²) in [6.45, 7) is 2.18. The van der Waals surface area contributed by atoms with E-state index in [2.05, 4.69) is 57.9 Å². The maximum absolute atomic E-state index is 6.21. The molecule has 1 aromatic carbocycles. The number of halogens is 1. The molecule has 1 nitrogen and oxygen atoms in total. The number of hydrogen-bond acceptors (Lipinski definition) is 1. The number of allylic oxidation sites excluding steroid dienone is 2. The number of hydrogen-bond donors (Lipinski definition) is 1. The highest BCUT2D eigenvalue weighted by atomic mass is 79.9. The molecule has 0 aromatic heterocycles. The molecule has 0 radical (unpaired) electrons. The van der Waals surface area contributed by atoms with Gasteiger partial charge in [-0.1, -0.05) is 36.3 Å². The Morgan fingerprint density at radius 1 is 1.29 bits per heavy atom. The van der Waals surface area contributed by atoms with Crippen LogP contribution in [0, 0.1) is 16.2 Å². The minimum absolute atomic E-state index is 0.0197. The zero-order valence-corrected chi connectivity index (χ0v) is 11.5. The normalized spacial score (nSPS) is 24.1. The Labute approximate surface area is 111 Å². The second-order valence-electron chi connectivity index (χ2n) is 4.83. The quantitative estimate of drug-likeness (QED) is 0.780. The molecule has 0 aliphatic heterocycles. The van der Waals surface area contributed by atoms with E-state index < -0.39 is 0 Å². The molecule has 0 saturated carbocycles. The lowest BCUT2D eigenvalue weighted by Crippen LogP contribution is -2.23. The Hall–Kier alpha value is -1.20. The average Bonchev–Trinajstić information content (AvgIpc) is 2.30. The third-order valence-corrected chi connectivity index (χ3v) is 3.56. The van der Waals surface area contributed by atoms with Crippen LogP contribution in [0.5, 0.6) is 0 Å². The van der Waals surface area contributed by atoms with Gasteiger partial charge >= 0.3 is 0 Å². The second-order valence-corrected chi connectivity index (χ2v) is 5.22. The number of benzene rings is 1. The van der Waals surface area contributed by atoms with Crippen molar-refractivity contribution in [1.82, 2.24) is 0 Å². The van der Waals surface area contributed by atoms with Crippen LogP contribution in [0.1, 0.15) is 31.7 Å². The molecule has 1 aliphatic rings.